The van der Waals surface area contributed by atoms with E-state index in [1.54, 1.807) is 13.8 Å². The molecule has 0 spiro atoms. The Labute approximate surface area is 117 Å². The lowest BCUT2D eigenvalue weighted by atomic mass is 10.1. The van der Waals surface area contributed by atoms with Gasteiger partial charge in [-0.05, 0) is 32.0 Å². The molecule has 0 fully saturated rings. The zero-order valence-electron chi connectivity index (χ0n) is 11.4. The van der Waals surface area contributed by atoms with Crippen molar-refractivity contribution in [3.8, 4) is 5.75 Å². The van der Waals surface area contributed by atoms with Gasteiger partial charge in [0, 0.05) is 13.7 Å². The molecular formula is C12H17NO6S. The first kappa shape index (κ1) is 16.4. The minimum absolute atomic E-state index is 0.0229. The molecule has 0 aliphatic rings. The zero-order valence-corrected chi connectivity index (χ0v) is 12.2. The van der Waals surface area contributed by atoms with Crippen LogP contribution in [-0.2, 0) is 14.8 Å². The normalized spacial score (nSPS) is 12.3. The van der Waals surface area contributed by atoms with Gasteiger partial charge in [0.15, 0.2) is 0 Å². The molecule has 1 aromatic rings. The Morgan fingerprint density at radius 3 is 2.50 bits per heavy atom. The van der Waals surface area contributed by atoms with E-state index in [1.807, 2.05) is 0 Å². The standard InChI is InChI=1S/C12H17NO6S/c1-12(2,19-3)7-13-20(17,18)8-4-5-10(14)9(6-8)11(15)16/h4-6,13-14H,7H2,1-3H3,(H,15,16). The van der Waals surface area contributed by atoms with Gasteiger partial charge in [0.05, 0.1) is 10.5 Å². The number of aromatic hydroxyl groups is 1. The number of ether oxygens (including phenoxy) is 1. The molecule has 112 valence electrons. The van der Waals surface area contributed by atoms with Crippen LogP contribution in [0.2, 0.25) is 0 Å². The summed E-state index contributed by atoms with van der Waals surface area (Å²) < 4.78 is 31.5. The molecule has 3 N–H and O–H groups in total. The fourth-order valence-corrected chi connectivity index (χ4v) is 2.50. The van der Waals surface area contributed by atoms with E-state index in [0.29, 0.717) is 0 Å². The van der Waals surface area contributed by atoms with Crippen LogP contribution < -0.4 is 4.72 Å². The number of carbonyl (C=O) groups is 1. The number of carboxylic acid groups (broad SMARTS) is 1. The molecule has 0 radical (unpaired) electrons. The number of carboxylic acids is 1. The fraction of sp³-hybridized carbons (Fsp3) is 0.417. The van der Waals surface area contributed by atoms with Crippen LogP contribution in [-0.4, -0.2) is 43.9 Å². The van der Waals surface area contributed by atoms with Crippen molar-refractivity contribution in [2.75, 3.05) is 13.7 Å². The maximum absolute atomic E-state index is 12.0. The van der Waals surface area contributed by atoms with E-state index in [9.17, 15) is 18.3 Å². The monoisotopic (exact) mass is 303 g/mol. The van der Waals surface area contributed by atoms with E-state index in [2.05, 4.69) is 4.72 Å². The molecule has 0 amide bonds. The van der Waals surface area contributed by atoms with Crippen LogP contribution in [0.25, 0.3) is 0 Å². The van der Waals surface area contributed by atoms with Crippen LogP contribution in [0, 0.1) is 0 Å². The lowest BCUT2D eigenvalue weighted by Crippen LogP contribution is -2.39. The Morgan fingerprint density at radius 2 is 2.00 bits per heavy atom. The molecule has 20 heavy (non-hydrogen) atoms. The number of rotatable bonds is 6. The summed E-state index contributed by atoms with van der Waals surface area (Å²) in [6.45, 7) is 3.43. The maximum atomic E-state index is 12.0. The Kier molecular flexibility index (Phi) is 4.74. The van der Waals surface area contributed by atoms with E-state index in [1.165, 1.54) is 7.11 Å². The molecule has 0 unspecified atom stereocenters. The van der Waals surface area contributed by atoms with Crippen molar-refractivity contribution in [2.45, 2.75) is 24.3 Å². The van der Waals surface area contributed by atoms with Crippen LogP contribution in [0.15, 0.2) is 23.1 Å². The summed E-state index contributed by atoms with van der Waals surface area (Å²) in [4.78, 5) is 10.6. The van der Waals surface area contributed by atoms with Gasteiger partial charge in [-0.15, -0.1) is 0 Å². The number of hydrogen-bond donors (Lipinski definition) is 3. The molecule has 0 saturated heterocycles. The predicted octanol–water partition coefficient (Wildman–Crippen LogP) is 0.794. The summed E-state index contributed by atoms with van der Waals surface area (Å²) in [5.41, 5.74) is -1.17. The largest absolute Gasteiger partial charge is 0.507 e. The Balaban J connectivity index is 3.05. The summed E-state index contributed by atoms with van der Waals surface area (Å²) >= 11 is 0. The number of sulfonamides is 1. The van der Waals surface area contributed by atoms with Crippen molar-refractivity contribution in [1.29, 1.82) is 0 Å². The third kappa shape index (κ3) is 3.92. The lowest BCUT2D eigenvalue weighted by molar-refractivity contribution is 0.0276. The third-order valence-electron chi connectivity index (χ3n) is 2.75. The van der Waals surface area contributed by atoms with Crippen LogP contribution in [0.1, 0.15) is 24.2 Å². The molecule has 0 aliphatic heterocycles. The second-order valence-corrected chi connectivity index (χ2v) is 6.54. The average molecular weight is 303 g/mol. The summed E-state index contributed by atoms with van der Waals surface area (Å²) in [5, 5.41) is 18.2. The molecule has 0 heterocycles. The lowest BCUT2D eigenvalue weighted by Gasteiger charge is -2.23. The van der Waals surface area contributed by atoms with Gasteiger partial charge >= 0.3 is 5.97 Å². The van der Waals surface area contributed by atoms with Crippen molar-refractivity contribution in [3.05, 3.63) is 23.8 Å². The van der Waals surface area contributed by atoms with Crippen LogP contribution in [0.4, 0.5) is 0 Å². The van der Waals surface area contributed by atoms with E-state index in [-0.39, 0.29) is 11.4 Å². The van der Waals surface area contributed by atoms with Gasteiger partial charge in [0.25, 0.3) is 0 Å². The van der Waals surface area contributed by atoms with Crippen molar-refractivity contribution in [2.24, 2.45) is 0 Å². The first-order valence-electron chi connectivity index (χ1n) is 5.70. The van der Waals surface area contributed by atoms with Crippen molar-refractivity contribution < 1.29 is 28.2 Å². The van der Waals surface area contributed by atoms with Crippen molar-refractivity contribution in [3.63, 3.8) is 0 Å². The van der Waals surface area contributed by atoms with E-state index >= 15 is 0 Å². The van der Waals surface area contributed by atoms with E-state index < -0.39 is 32.9 Å². The molecule has 0 atom stereocenters. The third-order valence-corrected chi connectivity index (χ3v) is 4.15. The van der Waals surface area contributed by atoms with Crippen molar-refractivity contribution in [1.82, 2.24) is 4.72 Å². The Morgan fingerprint density at radius 1 is 1.40 bits per heavy atom. The number of nitrogens with one attached hydrogen (secondary N) is 1. The number of phenols is 1. The zero-order chi connectivity index (χ0) is 15.6. The van der Waals surface area contributed by atoms with Crippen LogP contribution in [0.3, 0.4) is 0 Å². The van der Waals surface area contributed by atoms with Gasteiger partial charge < -0.3 is 14.9 Å². The SMILES string of the molecule is COC(C)(C)CNS(=O)(=O)c1ccc(O)c(C(=O)O)c1. The topological polar surface area (TPSA) is 113 Å². The van der Waals surface area contributed by atoms with E-state index in [0.717, 1.165) is 18.2 Å². The highest BCUT2D eigenvalue weighted by atomic mass is 32.2. The highest BCUT2D eigenvalue weighted by Gasteiger charge is 2.23. The van der Waals surface area contributed by atoms with Crippen LogP contribution in [0.5, 0.6) is 5.75 Å². The molecule has 0 aromatic heterocycles. The van der Waals surface area contributed by atoms with Gasteiger partial charge in [-0.2, -0.15) is 0 Å². The molecule has 8 heteroatoms. The number of benzene rings is 1. The molecular weight excluding hydrogens is 286 g/mol. The minimum atomic E-state index is -3.88. The molecule has 7 nitrogen and oxygen atoms in total. The van der Waals surface area contributed by atoms with Gasteiger partial charge in [0.2, 0.25) is 10.0 Å². The van der Waals surface area contributed by atoms with Gasteiger partial charge in [-0.25, -0.2) is 17.9 Å². The van der Waals surface area contributed by atoms with Gasteiger partial charge in [-0.1, -0.05) is 0 Å². The summed E-state index contributed by atoms with van der Waals surface area (Å²) in [6, 6.07) is 3.06. The molecule has 0 bridgehead atoms. The van der Waals surface area contributed by atoms with Gasteiger partial charge in [-0.3, -0.25) is 0 Å². The average Bonchev–Trinajstić information content (AvgIpc) is 2.36. The summed E-state index contributed by atoms with van der Waals surface area (Å²) in [5.74, 6) is -1.90. The van der Waals surface area contributed by atoms with Crippen molar-refractivity contribution >= 4 is 16.0 Å². The predicted molar refractivity (Wildman–Crippen MR) is 71.3 cm³/mol. The van der Waals surface area contributed by atoms with Crippen LogP contribution >= 0.6 is 0 Å². The minimum Gasteiger partial charge on any atom is -0.507 e. The van der Waals surface area contributed by atoms with Gasteiger partial charge in [0.1, 0.15) is 11.3 Å². The quantitative estimate of drug-likeness (QED) is 0.716. The summed E-state index contributed by atoms with van der Waals surface area (Å²) in [6.07, 6.45) is 0. The molecule has 0 saturated carbocycles. The van der Waals surface area contributed by atoms with E-state index in [4.69, 9.17) is 9.84 Å². The molecule has 1 rings (SSSR count). The first-order valence-corrected chi connectivity index (χ1v) is 7.18. The smallest absolute Gasteiger partial charge is 0.339 e. The molecule has 0 aliphatic carbocycles. The maximum Gasteiger partial charge on any atom is 0.339 e. The highest BCUT2D eigenvalue weighted by Crippen LogP contribution is 2.21. The number of hydrogen-bond acceptors (Lipinski definition) is 5. The second kappa shape index (κ2) is 5.78. The Hall–Kier alpha value is -1.64. The fourth-order valence-electron chi connectivity index (χ4n) is 1.28. The molecule has 1 aromatic carbocycles. The number of methoxy groups -OCH3 is 1. The second-order valence-electron chi connectivity index (χ2n) is 4.77. The Bertz CT molecular complexity index is 608. The highest BCUT2D eigenvalue weighted by molar-refractivity contribution is 7.89. The summed E-state index contributed by atoms with van der Waals surface area (Å²) in [7, 11) is -2.43. The first-order chi connectivity index (χ1) is 9.09. The number of aromatic carboxylic acids is 1.